The van der Waals surface area contributed by atoms with Gasteiger partial charge in [0.25, 0.3) is 0 Å². The molecule has 2 amide bonds. The van der Waals surface area contributed by atoms with E-state index in [2.05, 4.69) is 0 Å². The Morgan fingerprint density at radius 3 is 2.64 bits per heavy atom. The highest BCUT2D eigenvalue weighted by Gasteiger charge is 2.30. The summed E-state index contributed by atoms with van der Waals surface area (Å²) >= 11 is 0. The zero-order valence-electron chi connectivity index (χ0n) is 15.4. The number of hydrogen-bond donors (Lipinski definition) is 1. The maximum atomic E-state index is 12.7. The first-order chi connectivity index (χ1) is 11.9. The number of benzene rings is 1. The van der Waals surface area contributed by atoms with E-state index in [0.29, 0.717) is 26.2 Å². The molecule has 0 aliphatic carbocycles. The van der Waals surface area contributed by atoms with E-state index in [9.17, 15) is 9.59 Å². The molecule has 25 heavy (non-hydrogen) atoms. The molecule has 0 unspecified atom stereocenters. The topological polar surface area (TPSA) is 75.9 Å². The Bertz CT molecular complexity index is 588. The molecular formula is C19H29N3O3. The molecule has 1 heterocycles. The minimum absolute atomic E-state index is 0.0550. The summed E-state index contributed by atoms with van der Waals surface area (Å²) in [6, 6.07) is 7.67. The number of ether oxygens (including phenoxy) is 1. The zero-order chi connectivity index (χ0) is 18.4. The summed E-state index contributed by atoms with van der Waals surface area (Å²) in [6.07, 6.45) is 1.60. The molecule has 1 aliphatic rings. The number of likely N-dealkylation sites (tertiary alicyclic amines) is 1. The molecule has 138 valence electrons. The van der Waals surface area contributed by atoms with E-state index < -0.39 is 0 Å². The van der Waals surface area contributed by atoms with Crippen LogP contribution < -0.4 is 10.5 Å². The van der Waals surface area contributed by atoms with E-state index in [4.69, 9.17) is 10.5 Å². The quantitative estimate of drug-likeness (QED) is 0.813. The first-order valence-electron chi connectivity index (χ1n) is 8.92. The van der Waals surface area contributed by atoms with Crippen LogP contribution in [-0.2, 0) is 16.1 Å². The predicted molar refractivity (Wildman–Crippen MR) is 97.0 cm³/mol. The fourth-order valence-corrected chi connectivity index (χ4v) is 3.14. The molecule has 1 aromatic carbocycles. The van der Waals surface area contributed by atoms with Crippen LogP contribution in [0.2, 0.25) is 0 Å². The fourth-order valence-electron chi connectivity index (χ4n) is 3.14. The lowest BCUT2D eigenvalue weighted by molar-refractivity contribution is -0.139. The van der Waals surface area contributed by atoms with E-state index in [1.165, 1.54) is 0 Å². The van der Waals surface area contributed by atoms with Gasteiger partial charge in [-0.05, 0) is 51.4 Å². The monoisotopic (exact) mass is 347 g/mol. The van der Waals surface area contributed by atoms with Gasteiger partial charge in [-0.1, -0.05) is 12.1 Å². The molecule has 2 N–H and O–H groups in total. The van der Waals surface area contributed by atoms with E-state index in [1.54, 1.807) is 4.90 Å². The number of nitrogens with zero attached hydrogens (tertiary/aromatic N) is 2. The van der Waals surface area contributed by atoms with Crippen molar-refractivity contribution in [2.45, 2.75) is 39.3 Å². The Labute approximate surface area is 149 Å². The summed E-state index contributed by atoms with van der Waals surface area (Å²) in [5.41, 5.74) is 6.53. The van der Waals surface area contributed by atoms with E-state index in [0.717, 1.165) is 24.2 Å². The summed E-state index contributed by atoms with van der Waals surface area (Å²) in [7, 11) is 1.94. The molecule has 6 nitrogen and oxygen atoms in total. The van der Waals surface area contributed by atoms with E-state index in [1.807, 2.05) is 50.1 Å². The minimum Gasteiger partial charge on any atom is -0.494 e. The molecule has 2 rings (SSSR count). The molecule has 0 bridgehead atoms. The molecule has 1 aromatic rings. The molecule has 1 saturated heterocycles. The number of carbonyl (C=O) groups excluding carboxylic acids is 2. The Hall–Kier alpha value is -2.08. The van der Waals surface area contributed by atoms with Crippen LogP contribution in [0.1, 0.15) is 32.3 Å². The average Bonchev–Trinajstić information content (AvgIpc) is 2.62. The maximum absolute atomic E-state index is 12.7. The summed E-state index contributed by atoms with van der Waals surface area (Å²) in [5.74, 6) is 0.373. The highest BCUT2D eigenvalue weighted by Crippen LogP contribution is 2.19. The number of primary amides is 1. The molecule has 0 aromatic heterocycles. The maximum Gasteiger partial charge on any atom is 0.239 e. The molecule has 1 fully saturated rings. The lowest BCUT2D eigenvalue weighted by atomic mass is 9.97. The average molecular weight is 347 g/mol. The summed E-state index contributed by atoms with van der Waals surface area (Å²) in [5, 5.41) is 0. The number of carbonyl (C=O) groups is 2. The third-order valence-corrected chi connectivity index (χ3v) is 4.82. The third-order valence-electron chi connectivity index (χ3n) is 4.82. The van der Waals surface area contributed by atoms with Crippen LogP contribution in [0.3, 0.4) is 0 Å². The van der Waals surface area contributed by atoms with Crippen molar-refractivity contribution in [3.8, 4) is 5.75 Å². The van der Waals surface area contributed by atoms with Gasteiger partial charge in [0.1, 0.15) is 5.75 Å². The minimum atomic E-state index is -0.312. The molecule has 0 saturated carbocycles. The molecule has 6 heteroatoms. The predicted octanol–water partition coefficient (Wildman–Crippen LogP) is 1.63. The van der Waals surface area contributed by atoms with Crippen LogP contribution in [0.5, 0.6) is 5.75 Å². The first-order valence-corrected chi connectivity index (χ1v) is 8.92. The summed E-state index contributed by atoms with van der Waals surface area (Å²) in [4.78, 5) is 28.0. The van der Waals surface area contributed by atoms with E-state index in [-0.39, 0.29) is 23.8 Å². The Balaban J connectivity index is 1.92. The van der Waals surface area contributed by atoms with Gasteiger partial charge in [-0.15, -0.1) is 0 Å². The normalized spacial score (nSPS) is 18.9. The molecule has 0 spiro atoms. The molecule has 2 atom stereocenters. The van der Waals surface area contributed by atoms with Gasteiger partial charge in [-0.3, -0.25) is 14.5 Å². The fraction of sp³-hybridized carbons (Fsp3) is 0.579. The highest BCUT2D eigenvalue weighted by atomic mass is 16.5. The first kappa shape index (κ1) is 19.2. The third kappa shape index (κ3) is 5.19. The van der Waals surface area contributed by atoms with Crippen LogP contribution in [0, 0.1) is 5.92 Å². The van der Waals surface area contributed by atoms with Gasteiger partial charge < -0.3 is 15.4 Å². The van der Waals surface area contributed by atoms with Crippen molar-refractivity contribution >= 4 is 11.8 Å². The van der Waals surface area contributed by atoms with Crippen LogP contribution in [-0.4, -0.2) is 54.4 Å². The molecule has 0 radical (unpaired) electrons. The van der Waals surface area contributed by atoms with Crippen molar-refractivity contribution in [1.29, 1.82) is 0 Å². The Morgan fingerprint density at radius 1 is 1.36 bits per heavy atom. The second-order valence-electron chi connectivity index (χ2n) is 6.69. The molecular weight excluding hydrogens is 318 g/mol. The number of piperidine rings is 1. The smallest absolute Gasteiger partial charge is 0.239 e. The number of hydrogen-bond acceptors (Lipinski definition) is 4. The molecule has 1 aliphatic heterocycles. The lowest BCUT2D eigenvalue weighted by Crippen LogP contribution is -2.50. The lowest BCUT2D eigenvalue weighted by Gasteiger charge is -2.35. The van der Waals surface area contributed by atoms with Gasteiger partial charge in [0, 0.05) is 19.6 Å². The van der Waals surface area contributed by atoms with Crippen molar-refractivity contribution in [1.82, 2.24) is 9.80 Å². The largest absolute Gasteiger partial charge is 0.494 e. The van der Waals surface area contributed by atoms with Gasteiger partial charge >= 0.3 is 0 Å². The van der Waals surface area contributed by atoms with Crippen LogP contribution in [0.15, 0.2) is 24.3 Å². The van der Waals surface area contributed by atoms with Crippen molar-refractivity contribution in [2.24, 2.45) is 11.7 Å². The van der Waals surface area contributed by atoms with Crippen molar-refractivity contribution in [3.63, 3.8) is 0 Å². The number of nitrogens with two attached hydrogens (primary N) is 1. The number of rotatable bonds is 7. The second kappa shape index (κ2) is 8.85. The Kier molecular flexibility index (Phi) is 6.82. The number of amides is 2. The zero-order valence-corrected chi connectivity index (χ0v) is 15.4. The van der Waals surface area contributed by atoms with Gasteiger partial charge in [-0.2, -0.15) is 0 Å². The Morgan fingerprint density at radius 2 is 2.04 bits per heavy atom. The number of likely N-dealkylation sites (N-methyl/N-ethyl adjacent to an activating group) is 1. The van der Waals surface area contributed by atoms with Gasteiger partial charge in [0.2, 0.25) is 11.8 Å². The van der Waals surface area contributed by atoms with Crippen molar-refractivity contribution in [3.05, 3.63) is 29.8 Å². The second-order valence-corrected chi connectivity index (χ2v) is 6.69. The van der Waals surface area contributed by atoms with Gasteiger partial charge in [0.15, 0.2) is 0 Å². The van der Waals surface area contributed by atoms with Crippen molar-refractivity contribution < 1.29 is 14.3 Å². The van der Waals surface area contributed by atoms with Crippen LogP contribution >= 0.6 is 0 Å². The van der Waals surface area contributed by atoms with Gasteiger partial charge in [0.05, 0.1) is 18.6 Å². The summed E-state index contributed by atoms with van der Waals surface area (Å²) < 4.78 is 5.45. The highest BCUT2D eigenvalue weighted by molar-refractivity contribution is 5.83. The standard InChI is InChI=1S/C19H29N3O3/c1-4-25-17-9-7-15(8-10-17)12-21(3)14(2)19(24)22-11-5-6-16(13-22)18(20)23/h7-10,14,16H,4-6,11-13H2,1-3H3,(H2,20,23)/t14-,16-/m1/s1. The van der Waals surface area contributed by atoms with Crippen LogP contribution in [0.4, 0.5) is 0 Å². The van der Waals surface area contributed by atoms with E-state index >= 15 is 0 Å². The van der Waals surface area contributed by atoms with Gasteiger partial charge in [-0.25, -0.2) is 0 Å². The van der Waals surface area contributed by atoms with Crippen molar-refractivity contribution in [2.75, 3.05) is 26.7 Å². The summed E-state index contributed by atoms with van der Waals surface area (Å²) in [6.45, 7) is 6.32. The SMILES string of the molecule is CCOc1ccc(CN(C)[C@H](C)C(=O)N2CCC[C@@H](C(N)=O)C2)cc1. The van der Waals surface area contributed by atoms with Crippen LogP contribution in [0.25, 0.3) is 0 Å².